The summed E-state index contributed by atoms with van der Waals surface area (Å²) < 4.78 is 0. The molecule has 3 nitrogen and oxygen atoms in total. The number of halogens is 1. The normalized spacial score (nSPS) is 11.1. The Morgan fingerprint density at radius 2 is 2.11 bits per heavy atom. The fourth-order valence-electron chi connectivity index (χ4n) is 1.96. The molecule has 0 saturated heterocycles. The highest BCUT2D eigenvalue weighted by molar-refractivity contribution is 6.31. The van der Waals surface area contributed by atoms with Gasteiger partial charge in [-0.3, -0.25) is 0 Å². The predicted molar refractivity (Wildman–Crippen MR) is 83.0 cm³/mol. The van der Waals surface area contributed by atoms with Crippen LogP contribution in [0.25, 0.3) is 0 Å². The van der Waals surface area contributed by atoms with E-state index in [-0.39, 0.29) is 6.61 Å². The molecule has 0 unspecified atom stereocenters. The minimum Gasteiger partial charge on any atom is -0.395 e. The van der Waals surface area contributed by atoms with Crippen LogP contribution in [-0.4, -0.2) is 31.3 Å². The molecule has 1 aromatic carbocycles. The van der Waals surface area contributed by atoms with Crippen molar-refractivity contribution in [3.8, 4) is 0 Å². The second-order valence-corrected chi connectivity index (χ2v) is 5.51. The summed E-state index contributed by atoms with van der Waals surface area (Å²) in [5.74, 6) is 0.637. The van der Waals surface area contributed by atoms with Crippen LogP contribution in [0.2, 0.25) is 5.02 Å². The van der Waals surface area contributed by atoms with Gasteiger partial charge in [-0.2, -0.15) is 0 Å². The fraction of sp³-hybridized carbons (Fsp3) is 0.600. The number of benzene rings is 1. The highest BCUT2D eigenvalue weighted by Gasteiger charge is 2.07. The first-order valence-electron chi connectivity index (χ1n) is 6.93. The topological polar surface area (TPSA) is 35.5 Å². The molecule has 1 rings (SSSR count). The van der Waals surface area contributed by atoms with Crippen LogP contribution in [0.15, 0.2) is 18.2 Å². The van der Waals surface area contributed by atoms with Crippen molar-refractivity contribution in [1.82, 2.24) is 5.32 Å². The summed E-state index contributed by atoms with van der Waals surface area (Å²) in [6, 6.07) is 6.11. The van der Waals surface area contributed by atoms with Crippen LogP contribution >= 0.6 is 11.6 Å². The molecule has 0 aliphatic rings. The molecule has 1 aromatic rings. The van der Waals surface area contributed by atoms with Crippen molar-refractivity contribution < 1.29 is 5.11 Å². The number of nitrogens with one attached hydrogen (secondary N) is 1. The van der Waals surface area contributed by atoms with E-state index in [0.29, 0.717) is 12.5 Å². The molecule has 4 heteroatoms. The third-order valence-electron chi connectivity index (χ3n) is 3.02. The van der Waals surface area contributed by atoms with Crippen molar-refractivity contribution in [2.24, 2.45) is 5.92 Å². The lowest BCUT2D eigenvalue weighted by Gasteiger charge is -2.22. The minimum absolute atomic E-state index is 0.156. The van der Waals surface area contributed by atoms with Crippen molar-refractivity contribution in [2.75, 3.05) is 31.1 Å². The molecule has 0 aliphatic carbocycles. The van der Waals surface area contributed by atoms with E-state index in [1.165, 1.54) is 0 Å². The van der Waals surface area contributed by atoms with Crippen LogP contribution < -0.4 is 10.2 Å². The summed E-state index contributed by atoms with van der Waals surface area (Å²) in [4.78, 5) is 2.11. The van der Waals surface area contributed by atoms with Crippen LogP contribution in [-0.2, 0) is 6.54 Å². The molecular formula is C15H25ClN2O. The molecule has 19 heavy (non-hydrogen) atoms. The highest BCUT2D eigenvalue weighted by Crippen LogP contribution is 2.23. The van der Waals surface area contributed by atoms with Crippen molar-refractivity contribution in [1.29, 1.82) is 0 Å². The Balaban J connectivity index is 2.68. The van der Waals surface area contributed by atoms with Crippen molar-refractivity contribution in [2.45, 2.75) is 27.3 Å². The monoisotopic (exact) mass is 284 g/mol. The van der Waals surface area contributed by atoms with Gasteiger partial charge < -0.3 is 15.3 Å². The summed E-state index contributed by atoms with van der Waals surface area (Å²) in [6.45, 7) is 9.88. The first-order chi connectivity index (χ1) is 9.08. The van der Waals surface area contributed by atoms with Gasteiger partial charge in [-0.05, 0) is 37.1 Å². The number of nitrogens with zero attached hydrogens (tertiary/aromatic N) is 1. The van der Waals surface area contributed by atoms with Crippen molar-refractivity contribution in [3.05, 3.63) is 28.8 Å². The average molecular weight is 285 g/mol. The Labute approximate surface area is 121 Å². The number of rotatable bonds is 8. The lowest BCUT2D eigenvalue weighted by atomic mass is 10.1. The minimum atomic E-state index is 0.156. The zero-order valence-corrected chi connectivity index (χ0v) is 12.9. The van der Waals surface area contributed by atoms with Gasteiger partial charge in [-0.1, -0.05) is 31.5 Å². The van der Waals surface area contributed by atoms with E-state index in [9.17, 15) is 0 Å². The molecule has 0 heterocycles. The quantitative estimate of drug-likeness (QED) is 0.770. The first-order valence-corrected chi connectivity index (χ1v) is 7.31. The Bertz CT molecular complexity index is 382. The van der Waals surface area contributed by atoms with E-state index >= 15 is 0 Å². The number of hydrogen-bond donors (Lipinski definition) is 2. The summed E-state index contributed by atoms with van der Waals surface area (Å²) in [5, 5.41) is 13.2. The molecule has 2 N–H and O–H groups in total. The SMILES string of the molecule is CCN(CCO)c1ccc(CNCC(C)C)c(Cl)c1. The molecule has 0 aromatic heterocycles. The van der Waals surface area contributed by atoms with Crippen molar-refractivity contribution in [3.63, 3.8) is 0 Å². The number of aliphatic hydroxyl groups excluding tert-OH is 1. The van der Waals surface area contributed by atoms with Gasteiger partial charge >= 0.3 is 0 Å². The van der Waals surface area contributed by atoms with Crippen molar-refractivity contribution >= 4 is 17.3 Å². The summed E-state index contributed by atoms with van der Waals surface area (Å²) >= 11 is 6.32. The van der Waals surface area contributed by atoms with Crippen LogP contribution in [0.1, 0.15) is 26.3 Å². The number of aliphatic hydroxyl groups is 1. The number of anilines is 1. The molecule has 0 radical (unpaired) electrons. The molecule has 0 aliphatic heterocycles. The van der Waals surface area contributed by atoms with Gasteiger partial charge in [0.05, 0.1) is 6.61 Å². The second-order valence-electron chi connectivity index (χ2n) is 5.10. The smallest absolute Gasteiger partial charge is 0.0606 e. The summed E-state index contributed by atoms with van der Waals surface area (Å²) in [6.07, 6.45) is 0. The van der Waals surface area contributed by atoms with E-state index in [1.807, 2.05) is 6.07 Å². The fourth-order valence-corrected chi connectivity index (χ4v) is 2.20. The van der Waals surface area contributed by atoms with E-state index in [1.54, 1.807) is 0 Å². The lowest BCUT2D eigenvalue weighted by Crippen LogP contribution is -2.26. The maximum absolute atomic E-state index is 9.04. The molecule has 0 amide bonds. The van der Waals surface area contributed by atoms with Gasteiger partial charge in [0.15, 0.2) is 0 Å². The van der Waals surface area contributed by atoms with E-state index in [4.69, 9.17) is 16.7 Å². The molecule has 0 spiro atoms. The zero-order chi connectivity index (χ0) is 14.3. The average Bonchev–Trinajstić information content (AvgIpc) is 2.37. The number of hydrogen-bond acceptors (Lipinski definition) is 3. The third-order valence-corrected chi connectivity index (χ3v) is 3.37. The third kappa shape index (κ3) is 5.39. The molecule has 108 valence electrons. The first kappa shape index (κ1) is 16.3. The maximum Gasteiger partial charge on any atom is 0.0606 e. The van der Waals surface area contributed by atoms with Gasteiger partial charge in [0, 0.05) is 30.3 Å². The Hall–Kier alpha value is -0.770. The lowest BCUT2D eigenvalue weighted by molar-refractivity contribution is 0.302. The molecular weight excluding hydrogens is 260 g/mol. The van der Waals surface area contributed by atoms with Crippen LogP contribution in [0, 0.1) is 5.92 Å². The van der Waals surface area contributed by atoms with Crippen LogP contribution in [0.4, 0.5) is 5.69 Å². The predicted octanol–water partition coefficient (Wildman–Crippen LogP) is 2.90. The van der Waals surface area contributed by atoms with Crippen LogP contribution in [0.3, 0.4) is 0 Å². The summed E-state index contributed by atoms with van der Waals surface area (Å²) in [7, 11) is 0. The van der Waals surface area contributed by atoms with Gasteiger partial charge in [0.2, 0.25) is 0 Å². The Kier molecular flexibility index (Phi) is 7.21. The van der Waals surface area contributed by atoms with Crippen LogP contribution in [0.5, 0.6) is 0 Å². The molecule has 0 saturated carbocycles. The van der Waals surface area contributed by atoms with E-state index in [0.717, 1.165) is 35.9 Å². The van der Waals surface area contributed by atoms with Gasteiger partial charge in [-0.25, -0.2) is 0 Å². The van der Waals surface area contributed by atoms with E-state index in [2.05, 4.69) is 43.1 Å². The zero-order valence-electron chi connectivity index (χ0n) is 12.1. The Morgan fingerprint density at radius 1 is 1.37 bits per heavy atom. The molecule has 0 fully saturated rings. The molecule has 0 bridgehead atoms. The van der Waals surface area contributed by atoms with Gasteiger partial charge in [0.25, 0.3) is 0 Å². The standard InChI is InChI=1S/C15H25ClN2O/c1-4-18(7-8-19)14-6-5-13(15(16)9-14)11-17-10-12(2)3/h5-6,9,12,17,19H,4,7-8,10-11H2,1-3H3. The highest BCUT2D eigenvalue weighted by atomic mass is 35.5. The Morgan fingerprint density at radius 3 is 2.63 bits per heavy atom. The second kappa shape index (κ2) is 8.41. The largest absolute Gasteiger partial charge is 0.395 e. The van der Waals surface area contributed by atoms with Gasteiger partial charge in [-0.15, -0.1) is 0 Å². The maximum atomic E-state index is 9.04. The summed E-state index contributed by atoms with van der Waals surface area (Å²) in [5.41, 5.74) is 2.18. The van der Waals surface area contributed by atoms with Gasteiger partial charge in [0.1, 0.15) is 0 Å². The molecule has 0 atom stereocenters. The number of likely N-dealkylation sites (N-methyl/N-ethyl adjacent to an activating group) is 1. The van der Waals surface area contributed by atoms with E-state index < -0.39 is 0 Å².